The van der Waals surface area contributed by atoms with Crippen molar-refractivity contribution in [1.82, 2.24) is 5.32 Å². The lowest BCUT2D eigenvalue weighted by Gasteiger charge is -2.13. The maximum atomic E-state index is 13.0. The second kappa shape index (κ2) is 6.22. The molecule has 2 aromatic rings. The highest BCUT2D eigenvalue weighted by Crippen LogP contribution is 2.31. The smallest absolute Gasteiger partial charge is 0.309 e. The standard InChI is InChI=1S/C15H12F5N/c16-12-5-10(6-13(17)7-12)8-21-9-11-3-1-2-4-14(11)15(18,19)20/h1-7,21H,8-9H2. The molecule has 0 bridgehead atoms. The molecule has 1 nitrogen and oxygen atoms in total. The summed E-state index contributed by atoms with van der Waals surface area (Å²) in [4.78, 5) is 0. The molecule has 0 aliphatic rings. The molecule has 0 unspecified atom stereocenters. The highest BCUT2D eigenvalue weighted by Gasteiger charge is 2.32. The van der Waals surface area contributed by atoms with Gasteiger partial charge in [-0.25, -0.2) is 8.78 Å². The molecule has 0 aliphatic heterocycles. The van der Waals surface area contributed by atoms with Crippen molar-refractivity contribution in [3.05, 3.63) is 70.8 Å². The van der Waals surface area contributed by atoms with Gasteiger partial charge in [-0.1, -0.05) is 18.2 Å². The molecule has 0 saturated heterocycles. The number of benzene rings is 2. The Balaban J connectivity index is 2.04. The van der Waals surface area contributed by atoms with E-state index in [1.165, 1.54) is 18.2 Å². The number of halogens is 5. The van der Waals surface area contributed by atoms with E-state index >= 15 is 0 Å². The summed E-state index contributed by atoms with van der Waals surface area (Å²) in [6, 6.07) is 8.18. The maximum absolute atomic E-state index is 13.0. The Morgan fingerprint density at radius 2 is 1.48 bits per heavy atom. The summed E-state index contributed by atoms with van der Waals surface area (Å²) in [5.41, 5.74) is -0.304. The second-order valence-corrected chi connectivity index (χ2v) is 4.54. The van der Waals surface area contributed by atoms with Crippen molar-refractivity contribution >= 4 is 0 Å². The molecular formula is C15H12F5N. The third kappa shape index (κ3) is 4.26. The fourth-order valence-electron chi connectivity index (χ4n) is 2.01. The van der Waals surface area contributed by atoms with Crippen LogP contribution in [0.3, 0.4) is 0 Å². The molecule has 6 heteroatoms. The topological polar surface area (TPSA) is 12.0 Å². The van der Waals surface area contributed by atoms with Gasteiger partial charge in [0.05, 0.1) is 5.56 Å². The minimum Gasteiger partial charge on any atom is -0.309 e. The predicted molar refractivity (Wildman–Crippen MR) is 68.3 cm³/mol. The van der Waals surface area contributed by atoms with Gasteiger partial charge < -0.3 is 5.32 Å². The van der Waals surface area contributed by atoms with Crippen LogP contribution < -0.4 is 5.32 Å². The fraction of sp³-hybridized carbons (Fsp3) is 0.200. The third-order valence-corrected chi connectivity index (χ3v) is 2.89. The van der Waals surface area contributed by atoms with Gasteiger partial charge in [-0.2, -0.15) is 13.2 Å². The Bertz CT molecular complexity index is 601. The van der Waals surface area contributed by atoms with Gasteiger partial charge in [-0.05, 0) is 29.3 Å². The predicted octanol–water partition coefficient (Wildman–Crippen LogP) is 4.27. The first-order chi connectivity index (χ1) is 9.86. The zero-order valence-corrected chi connectivity index (χ0v) is 10.8. The molecule has 0 saturated carbocycles. The fourth-order valence-corrected chi connectivity index (χ4v) is 2.01. The van der Waals surface area contributed by atoms with E-state index < -0.39 is 23.4 Å². The van der Waals surface area contributed by atoms with Gasteiger partial charge >= 0.3 is 6.18 Å². The van der Waals surface area contributed by atoms with Crippen LogP contribution >= 0.6 is 0 Å². The molecular weight excluding hydrogens is 289 g/mol. The van der Waals surface area contributed by atoms with Gasteiger partial charge in [0, 0.05) is 19.2 Å². The molecule has 0 heterocycles. The lowest BCUT2D eigenvalue weighted by molar-refractivity contribution is -0.138. The summed E-state index contributed by atoms with van der Waals surface area (Å²) >= 11 is 0. The van der Waals surface area contributed by atoms with Crippen LogP contribution in [0.1, 0.15) is 16.7 Å². The normalized spacial score (nSPS) is 11.7. The summed E-state index contributed by atoms with van der Waals surface area (Å²) in [5, 5.41) is 2.75. The van der Waals surface area contributed by atoms with Gasteiger partial charge in [0.1, 0.15) is 11.6 Å². The summed E-state index contributed by atoms with van der Waals surface area (Å²) in [5.74, 6) is -1.44. The average Bonchev–Trinajstić information content (AvgIpc) is 2.37. The van der Waals surface area contributed by atoms with Crippen LogP contribution in [0.5, 0.6) is 0 Å². The minimum atomic E-state index is -4.43. The van der Waals surface area contributed by atoms with E-state index in [-0.39, 0.29) is 18.7 Å². The molecule has 1 N–H and O–H groups in total. The monoisotopic (exact) mass is 301 g/mol. The van der Waals surface area contributed by atoms with Crippen molar-refractivity contribution in [3.8, 4) is 0 Å². The Labute approximate surface area is 118 Å². The van der Waals surface area contributed by atoms with Crippen molar-refractivity contribution in [2.24, 2.45) is 0 Å². The van der Waals surface area contributed by atoms with Gasteiger partial charge in [-0.3, -0.25) is 0 Å². The maximum Gasteiger partial charge on any atom is 0.416 e. The van der Waals surface area contributed by atoms with Crippen molar-refractivity contribution in [2.45, 2.75) is 19.3 Å². The summed E-state index contributed by atoms with van der Waals surface area (Å²) in [6.07, 6.45) is -4.43. The third-order valence-electron chi connectivity index (χ3n) is 2.89. The molecule has 0 fully saturated rings. The SMILES string of the molecule is Fc1cc(F)cc(CNCc2ccccc2C(F)(F)F)c1. The first-order valence-electron chi connectivity index (χ1n) is 6.17. The van der Waals surface area contributed by atoms with E-state index in [1.54, 1.807) is 0 Å². The number of alkyl halides is 3. The van der Waals surface area contributed by atoms with Crippen molar-refractivity contribution in [3.63, 3.8) is 0 Å². The van der Waals surface area contributed by atoms with Crippen molar-refractivity contribution in [1.29, 1.82) is 0 Å². The quantitative estimate of drug-likeness (QED) is 0.831. The molecule has 0 aromatic heterocycles. The average molecular weight is 301 g/mol. The largest absolute Gasteiger partial charge is 0.416 e. The molecule has 0 amide bonds. The Morgan fingerprint density at radius 3 is 2.10 bits per heavy atom. The van der Waals surface area contributed by atoms with Crippen LogP contribution in [0.2, 0.25) is 0 Å². The number of nitrogens with one attached hydrogen (secondary N) is 1. The summed E-state index contributed by atoms with van der Waals surface area (Å²) in [6.45, 7) is 0.0225. The molecule has 0 atom stereocenters. The van der Waals surface area contributed by atoms with E-state index in [4.69, 9.17) is 0 Å². The second-order valence-electron chi connectivity index (χ2n) is 4.54. The lowest BCUT2D eigenvalue weighted by Crippen LogP contribution is -2.17. The van der Waals surface area contributed by atoms with E-state index in [9.17, 15) is 22.0 Å². The number of hydrogen-bond donors (Lipinski definition) is 1. The van der Waals surface area contributed by atoms with E-state index in [1.807, 2.05) is 0 Å². The van der Waals surface area contributed by atoms with Gasteiger partial charge in [0.25, 0.3) is 0 Å². The molecule has 0 spiro atoms. The molecule has 2 rings (SSSR count). The van der Waals surface area contributed by atoms with Crippen molar-refractivity contribution < 1.29 is 22.0 Å². The lowest BCUT2D eigenvalue weighted by atomic mass is 10.1. The molecule has 2 aromatic carbocycles. The molecule has 21 heavy (non-hydrogen) atoms. The van der Waals surface area contributed by atoms with E-state index in [0.717, 1.165) is 24.3 Å². The van der Waals surface area contributed by atoms with Gasteiger partial charge in [0.2, 0.25) is 0 Å². The zero-order chi connectivity index (χ0) is 15.5. The molecule has 112 valence electrons. The summed E-state index contributed by atoms with van der Waals surface area (Å²) < 4.78 is 64.3. The Kier molecular flexibility index (Phi) is 4.57. The highest BCUT2D eigenvalue weighted by atomic mass is 19.4. The van der Waals surface area contributed by atoms with E-state index in [2.05, 4.69) is 5.32 Å². The van der Waals surface area contributed by atoms with E-state index in [0.29, 0.717) is 5.56 Å². The van der Waals surface area contributed by atoms with Crippen LogP contribution in [0.25, 0.3) is 0 Å². The summed E-state index contributed by atoms with van der Waals surface area (Å²) in [7, 11) is 0. The minimum absolute atomic E-state index is 0.0478. The number of hydrogen-bond acceptors (Lipinski definition) is 1. The molecule has 0 radical (unpaired) electrons. The van der Waals surface area contributed by atoms with Crippen LogP contribution in [-0.4, -0.2) is 0 Å². The van der Waals surface area contributed by atoms with Crippen LogP contribution in [0.4, 0.5) is 22.0 Å². The Hall–Kier alpha value is -1.95. The van der Waals surface area contributed by atoms with Crippen molar-refractivity contribution in [2.75, 3.05) is 0 Å². The van der Waals surface area contributed by atoms with Crippen LogP contribution in [0.15, 0.2) is 42.5 Å². The van der Waals surface area contributed by atoms with Crippen LogP contribution in [0, 0.1) is 11.6 Å². The first kappa shape index (κ1) is 15.4. The van der Waals surface area contributed by atoms with Crippen LogP contribution in [-0.2, 0) is 19.3 Å². The highest BCUT2D eigenvalue weighted by molar-refractivity contribution is 5.29. The zero-order valence-electron chi connectivity index (χ0n) is 10.8. The Morgan fingerprint density at radius 1 is 0.857 bits per heavy atom. The van der Waals surface area contributed by atoms with Gasteiger partial charge in [-0.15, -0.1) is 0 Å². The first-order valence-corrected chi connectivity index (χ1v) is 6.17. The molecule has 0 aliphatic carbocycles. The van der Waals surface area contributed by atoms with Gasteiger partial charge in [0.15, 0.2) is 0 Å². The number of rotatable bonds is 4.